The number of nitrogens with one attached hydrogen (secondary N) is 1. The summed E-state index contributed by atoms with van der Waals surface area (Å²) in [5, 5.41) is 3.51. The Kier molecular flexibility index (Phi) is 4.72. The van der Waals surface area contributed by atoms with Gasteiger partial charge in [0, 0.05) is 36.1 Å². The van der Waals surface area contributed by atoms with Gasteiger partial charge in [0.2, 0.25) is 0 Å². The number of hydrogen-bond donors (Lipinski definition) is 1. The van der Waals surface area contributed by atoms with Crippen LogP contribution < -0.4 is 5.32 Å². The number of anilines is 2. The fourth-order valence-electron chi connectivity index (χ4n) is 4.74. The Morgan fingerprint density at radius 1 is 1.03 bits per heavy atom. The van der Waals surface area contributed by atoms with Crippen LogP contribution >= 0.6 is 0 Å². The minimum absolute atomic E-state index is 0.657. The van der Waals surface area contributed by atoms with Crippen molar-refractivity contribution in [1.82, 2.24) is 19.3 Å². The number of piperidine rings is 1. The van der Waals surface area contributed by atoms with E-state index in [1.807, 2.05) is 29.2 Å². The molecule has 2 aliphatic rings. The molecule has 0 spiro atoms. The summed E-state index contributed by atoms with van der Waals surface area (Å²) in [5.41, 5.74) is 7.71. The van der Waals surface area contributed by atoms with Gasteiger partial charge in [-0.25, -0.2) is 9.97 Å². The van der Waals surface area contributed by atoms with Crippen LogP contribution in [0.4, 0.5) is 11.5 Å². The van der Waals surface area contributed by atoms with Gasteiger partial charge in [0.25, 0.3) is 0 Å². The van der Waals surface area contributed by atoms with Crippen LogP contribution in [0.25, 0.3) is 16.9 Å². The summed E-state index contributed by atoms with van der Waals surface area (Å²) in [6.45, 7) is 3.09. The first-order chi connectivity index (χ1) is 15.7. The Balaban J connectivity index is 1.29. The minimum atomic E-state index is 0.657. The quantitative estimate of drug-likeness (QED) is 0.509. The molecule has 0 amide bonds. The number of likely N-dealkylation sites (tertiary alicyclic amines) is 1. The molecule has 2 aromatic carbocycles. The molecule has 4 heterocycles. The summed E-state index contributed by atoms with van der Waals surface area (Å²) in [4.78, 5) is 16.2. The predicted octanol–water partition coefficient (Wildman–Crippen LogP) is 4.88. The molecule has 0 unspecified atom stereocenters. The third kappa shape index (κ3) is 3.56. The van der Waals surface area contributed by atoms with E-state index in [1.165, 1.54) is 42.6 Å². The van der Waals surface area contributed by atoms with E-state index in [2.05, 4.69) is 69.7 Å². The molecule has 2 aliphatic heterocycles. The molecule has 1 N–H and O–H groups in total. The molecule has 0 atom stereocenters. The predicted molar refractivity (Wildman–Crippen MR) is 129 cm³/mol. The Morgan fingerprint density at radius 2 is 1.88 bits per heavy atom. The third-order valence-corrected chi connectivity index (χ3v) is 6.67. The number of aliphatic imine (C=N–C) groups is 1. The van der Waals surface area contributed by atoms with Crippen LogP contribution in [0.5, 0.6) is 0 Å². The van der Waals surface area contributed by atoms with E-state index < -0.39 is 0 Å². The van der Waals surface area contributed by atoms with Crippen LogP contribution in [-0.4, -0.2) is 45.6 Å². The van der Waals surface area contributed by atoms with Gasteiger partial charge in [-0.05, 0) is 73.8 Å². The molecule has 6 rings (SSSR count). The maximum Gasteiger partial charge on any atom is 0.180 e. The van der Waals surface area contributed by atoms with Gasteiger partial charge >= 0.3 is 0 Å². The SMILES string of the molecule is CN1CCC(c2ccc(Nc3nc(-c4ccc5c(c4)CN=C5)cn4ccnc34)cc2)CC1. The minimum Gasteiger partial charge on any atom is -0.337 e. The first-order valence-corrected chi connectivity index (χ1v) is 11.3. The molecule has 1 fully saturated rings. The van der Waals surface area contributed by atoms with E-state index in [0.717, 1.165) is 35.0 Å². The fraction of sp³-hybridized carbons (Fsp3) is 0.269. The number of imidazole rings is 1. The monoisotopic (exact) mass is 422 g/mol. The zero-order valence-corrected chi connectivity index (χ0v) is 18.2. The highest BCUT2D eigenvalue weighted by Crippen LogP contribution is 2.30. The van der Waals surface area contributed by atoms with E-state index in [1.54, 1.807) is 0 Å². The van der Waals surface area contributed by atoms with Gasteiger partial charge < -0.3 is 14.6 Å². The lowest BCUT2D eigenvalue weighted by Crippen LogP contribution is -2.29. The summed E-state index contributed by atoms with van der Waals surface area (Å²) >= 11 is 0. The van der Waals surface area contributed by atoms with Crippen molar-refractivity contribution in [2.45, 2.75) is 25.3 Å². The first kappa shape index (κ1) is 19.2. The summed E-state index contributed by atoms with van der Waals surface area (Å²) in [6.07, 6.45) is 10.2. The van der Waals surface area contributed by atoms with E-state index in [4.69, 9.17) is 4.98 Å². The van der Waals surface area contributed by atoms with Gasteiger partial charge in [0.05, 0.1) is 12.2 Å². The molecule has 2 aromatic heterocycles. The van der Waals surface area contributed by atoms with Gasteiger partial charge in [-0.1, -0.05) is 24.3 Å². The highest BCUT2D eigenvalue weighted by atomic mass is 15.1. The maximum atomic E-state index is 4.94. The van der Waals surface area contributed by atoms with Crippen LogP contribution in [0.2, 0.25) is 0 Å². The normalized spacial score (nSPS) is 16.5. The number of benzene rings is 2. The summed E-state index contributed by atoms with van der Waals surface area (Å²) in [5.74, 6) is 1.42. The number of aromatic nitrogens is 3. The van der Waals surface area contributed by atoms with Crippen molar-refractivity contribution in [1.29, 1.82) is 0 Å². The molecular weight excluding hydrogens is 396 g/mol. The zero-order chi connectivity index (χ0) is 21.5. The number of nitrogens with zero attached hydrogens (tertiary/aromatic N) is 5. The maximum absolute atomic E-state index is 4.94. The van der Waals surface area contributed by atoms with Crippen molar-refractivity contribution in [3.63, 3.8) is 0 Å². The third-order valence-electron chi connectivity index (χ3n) is 6.67. The van der Waals surface area contributed by atoms with Crippen LogP contribution in [0.3, 0.4) is 0 Å². The Labute approximate surface area is 187 Å². The van der Waals surface area contributed by atoms with Gasteiger partial charge in [-0.15, -0.1) is 0 Å². The fourth-order valence-corrected chi connectivity index (χ4v) is 4.74. The lowest BCUT2D eigenvalue weighted by atomic mass is 9.89. The Morgan fingerprint density at radius 3 is 2.72 bits per heavy atom. The Hall–Kier alpha value is -3.51. The Bertz CT molecular complexity index is 1300. The van der Waals surface area contributed by atoms with Crippen LogP contribution in [0, 0.1) is 0 Å². The van der Waals surface area contributed by atoms with E-state index >= 15 is 0 Å². The molecule has 0 aliphatic carbocycles. The van der Waals surface area contributed by atoms with Crippen molar-refractivity contribution in [3.8, 4) is 11.3 Å². The molecule has 32 heavy (non-hydrogen) atoms. The molecule has 1 saturated heterocycles. The highest BCUT2D eigenvalue weighted by Gasteiger charge is 2.18. The largest absolute Gasteiger partial charge is 0.337 e. The molecule has 6 nitrogen and oxygen atoms in total. The smallest absolute Gasteiger partial charge is 0.180 e. The van der Waals surface area contributed by atoms with Crippen molar-refractivity contribution in [2.75, 3.05) is 25.5 Å². The van der Waals surface area contributed by atoms with E-state index in [-0.39, 0.29) is 0 Å². The van der Waals surface area contributed by atoms with Crippen LogP contribution in [-0.2, 0) is 6.54 Å². The standard InChI is InChI=1S/C26H26N6/c1-31-11-8-19(9-12-31)18-4-6-23(7-5-18)29-25-26-28-10-13-32(26)17-24(30-25)20-2-3-21-15-27-16-22(21)14-20/h2-7,10,13-15,17,19H,8-9,11-12,16H2,1H3,(H,29,30). The van der Waals surface area contributed by atoms with Gasteiger partial charge in [0.1, 0.15) is 0 Å². The molecule has 0 bridgehead atoms. The number of hydrogen-bond acceptors (Lipinski definition) is 5. The molecule has 0 radical (unpaired) electrons. The second-order valence-corrected chi connectivity index (χ2v) is 8.84. The van der Waals surface area contributed by atoms with Crippen molar-refractivity contribution >= 4 is 23.4 Å². The number of fused-ring (bicyclic) bond motifs is 2. The van der Waals surface area contributed by atoms with Gasteiger partial charge in [-0.2, -0.15) is 0 Å². The van der Waals surface area contributed by atoms with Crippen LogP contribution in [0.15, 0.2) is 66.0 Å². The second kappa shape index (κ2) is 7.88. The topological polar surface area (TPSA) is 57.8 Å². The van der Waals surface area contributed by atoms with Crippen LogP contribution in [0.1, 0.15) is 35.4 Å². The van der Waals surface area contributed by atoms with Crippen molar-refractivity contribution in [3.05, 3.63) is 77.7 Å². The van der Waals surface area contributed by atoms with E-state index in [0.29, 0.717) is 5.92 Å². The first-order valence-electron chi connectivity index (χ1n) is 11.3. The lowest BCUT2D eigenvalue weighted by molar-refractivity contribution is 0.255. The van der Waals surface area contributed by atoms with E-state index in [9.17, 15) is 0 Å². The average molecular weight is 423 g/mol. The van der Waals surface area contributed by atoms with Crippen molar-refractivity contribution in [2.24, 2.45) is 4.99 Å². The summed E-state index contributed by atoms with van der Waals surface area (Å²) in [6, 6.07) is 15.3. The second-order valence-electron chi connectivity index (χ2n) is 8.84. The number of rotatable bonds is 4. The molecule has 0 saturated carbocycles. The molecule has 160 valence electrons. The zero-order valence-electron chi connectivity index (χ0n) is 18.2. The summed E-state index contributed by atoms with van der Waals surface area (Å²) < 4.78 is 2.03. The molecule has 6 heteroatoms. The molecule has 4 aromatic rings. The van der Waals surface area contributed by atoms with Gasteiger partial charge in [0.15, 0.2) is 11.5 Å². The van der Waals surface area contributed by atoms with Gasteiger partial charge in [-0.3, -0.25) is 4.99 Å². The lowest BCUT2D eigenvalue weighted by Gasteiger charge is -2.29. The summed E-state index contributed by atoms with van der Waals surface area (Å²) in [7, 11) is 2.21. The highest BCUT2D eigenvalue weighted by molar-refractivity contribution is 5.86. The molecular formula is C26H26N6. The van der Waals surface area contributed by atoms with Crippen molar-refractivity contribution < 1.29 is 0 Å². The average Bonchev–Trinajstić information content (AvgIpc) is 3.49.